The lowest BCUT2D eigenvalue weighted by atomic mass is 9.93. The summed E-state index contributed by atoms with van der Waals surface area (Å²) in [6, 6.07) is 5.67. The molecule has 0 atom stereocenters. The molecule has 0 saturated carbocycles. The van der Waals surface area contributed by atoms with Crippen LogP contribution in [0.5, 0.6) is 0 Å². The SMILES string of the molecule is O=C(NCc1ccccn1)C1CCN(C(=O)C2CCOCC2)CC1. The third-order valence-corrected chi connectivity index (χ3v) is 4.92. The van der Waals surface area contributed by atoms with E-state index >= 15 is 0 Å². The van der Waals surface area contributed by atoms with E-state index in [4.69, 9.17) is 4.74 Å². The minimum atomic E-state index is -0.00699. The number of aromatic nitrogens is 1. The van der Waals surface area contributed by atoms with Crippen LogP contribution in [0.15, 0.2) is 24.4 Å². The zero-order valence-corrected chi connectivity index (χ0v) is 13.9. The van der Waals surface area contributed by atoms with Crippen LogP contribution < -0.4 is 5.32 Å². The number of carbonyl (C=O) groups is 2. The maximum Gasteiger partial charge on any atom is 0.225 e. The van der Waals surface area contributed by atoms with Crippen molar-refractivity contribution in [1.82, 2.24) is 15.2 Å². The lowest BCUT2D eigenvalue weighted by Crippen LogP contribution is -2.45. The smallest absolute Gasteiger partial charge is 0.225 e. The zero-order valence-electron chi connectivity index (χ0n) is 13.9. The summed E-state index contributed by atoms with van der Waals surface area (Å²) in [5, 5.41) is 2.95. The molecule has 2 fully saturated rings. The Morgan fingerprint density at radius 2 is 1.88 bits per heavy atom. The number of carbonyl (C=O) groups excluding carboxylic acids is 2. The van der Waals surface area contributed by atoms with Crippen LogP contribution in [-0.4, -0.2) is 48.0 Å². The average Bonchev–Trinajstić information content (AvgIpc) is 2.67. The Morgan fingerprint density at radius 3 is 2.54 bits per heavy atom. The van der Waals surface area contributed by atoms with Crippen molar-refractivity contribution in [3.63, 3.8) is 0 Å². The predicted molar refractivity (Wildman–Crippen MR) is 88.9 cm³/mol. The molecule has 0 spiro atoms. The quantitative estimate of drug-likeness (QED) is 0.904. The highest BCUT2D eigenvalue weighted by atomic mass is 16.5. The van der Waals surface area contributed by atoms with Gasteiger partial charge in [0.1, 0.15) is 0 Å². The van der Waals surface area contributed by atoms with Crippen molar-refractivity contribution in [3.8, 4) is 0 Å². The van der Waals surface area contributed by atoms with Gasteiger partial charge < -0.3 is 15.0 Å². The summed E-state index contributed by atoms with van der Waals surface area (Å²) in [7, 11) is 0. The number of rotatable bonds is 4. The molecule has 1 aromatic heterocycles. The van der Waals surface area contributed by atoms with Gasteiger partial charge in [-0.3, -0.25) is 14.6 Å². The molecule has 2 amide bonds. The fraction of sp³-hybridized carbons (Fsp3) is 0.611. The highest BCUT2D eigenvalue weighted by Gasteiger charge is 2.31. The summed E-state index contributed by atoms with van der Waals surface area (Å²) in [4.78, 5) is 30.9. The van der Waals surface area contributed by atoms with E-state index in [-0.39, 0.29) is 23.7 Å². The third-order valence-electron chi connectivity index (χ3n) is 4.92. The second-order valence-corrected chi connectivity index (χ2v) is 6.53. The van der Waals surface area contributed by atoms with Gasteiger partial charge in [0.2, 0.25) is 11.8 Å². The van der Waals surface area contributed by atoms with Crippen LogP contribution in [0.25, 0.3) is 0 Å². The van der Waals surface area contributed by atoms with Crippen molar-refractivity contribution in [2.45, 2.75) is 32.2 Å². The van der Waals surface area contributed by atoms with Gasteiger partial charge in [-0.25, -0.2) is 0 Å². The zero-order chi connectivity index (χ0) is 16.8. The monoisotopic (exact) mass is 331 g/mol. The minimum Gasteiger partial charge on any atom is -0.381 e. The van der Waals surface area contributed by atoms with E-state index in [1.54, 1.807) is 6.20 Å². The second-order valence-electron chi connectivity index (χ2n) is 6.53. The van der Waals surface area contributed by atoms with Gasteiger partial charge in [-0.15, -0.1) is 0 Å². The fourth-order valence-corrected chi connectivity index (χ4v) is 3.39. The Kier molecular flexibility index (Phi) is 5.80. The number of likely N-dealkylation sites (tertiary alicyclic amines) is 1. The molecule has 2 aliphatic rings. The maximum atomic E-state index is 12.5. The van der Waals surface area contributed by atoms with Gasteiger partial charge in [0.15, 0.2) is 0 Å². The van der Waals surface area contributed by atoms with E-state index < -0.39 is 0 Å². The first kappa shape index (κ1) is 16.9. The number of pyridine rings is 1. The van der Waals surface area contributed by atoms with Crippen molar-refractivity contribution in [3.05, 3.63) is 30.1 Å². The van der Waals surface area contributed by atoms with E-state index in [1.807, 2.05) is 23.1 Å². The van der Waals surface area contributed by atoms with Crippen molar-refractivity contribution in [1.29, 1.82) is 0 Å². The number of nitrogens with one attached hydrogen (secondary N) is 1. The Morgan fingerprint density at radius 1 is 1.12 bits per heavy atom. The summed E-state index contributed by atoms with van der Waals surface area (Å²) >= 11 is 0. The van der Waals surface area contributed by atoms with E-state index in [2.05, 4.69) is 10.3 Å². The van der Waals surface area contributed by atoms with Gasteiger partial charge in [0.25, 0.3) is 0 Å². The normalized spacial score (nSPS) is 19.9. The molecule has 0 radical (unpaired) electrons. The number of nitrogens with zero attached hydrogens (tertiary/aromatic N) is 2. The molecular formula is C18H25N3O3. The Labute approximate surface area is 142 Å². The molecule has 1 aromatic rings. The molecule has 0 unspecified atom stereocenters. The lowest BCUT2D eigenvalue weighted by Gasteiger charge is -2.34. The molecule has 3 heterocycles. The van der Waals surface area contributed by atoms with E-state index in [0.29, 0.717) is 32.8 Å². The molecule has 6 heteroatoms. The van der Waals surface area contributed by atoms with Crippen LogP contribution in [0.4, 0.5) is 0 Å². The van der Waals surface area contributed by atoms with Crippen LogP contribution in [0.3, 0.4) is 0 Å². The number of hydrogen-bond donors (Lipinski definition) is 1. The Bertz CT molecular complexity index is 550. The van der Waals surface area contributed by atoms with E-state index in [1.165, 1.54) is 0 Å². The number of hydrogen-bond acceptors (Lipinski definition) is 4. The Hall–Kier alpha value is -1.95. The summed E-state index contributed by atoms with van der Waals surface area (Å²) < 4.78 is 5.32. The van der Waals surface area contributed by atoms with Crippen LogP contribution in [-0.2, 0) is 20.9 Å². The molecule has 2 aliphatic heterocycles. The predicted octanol–water partition coefficient (Wildman–Crippen LogP) is 1.36. The van der Waals surface area contributed by atoms with E-state index in [0.717, 1.165) is 31.4 Å². The van der Waals surface area contributed by atoms with Gasteiger partial charge in [-0.05, 0) is 37.8 Å². The van der Waals surface area contributed by atoms with Crippen LogP contribution >= 0.6 is 0 Å². The molecule has 0 bridgehead atoms. The first-order chi connectivity index (χ1) is 11.7. The standard InChI is InChI=1S/C18H25N3O3/c22-17(20-13-16-3-1-2-8-19-16)14-4-9-21(10-5-14)18(23)15-6-11-24-12-7-15/h1-3,8,14-15H,4-7,9-13H2,(H,20,22). The van der Waals surface area contributed by atoms with Crippen molar-refractivity contribution in [2.75, 3.05) is 26.3 Å². The van der Waals surface area contributed by atoms with Gasteiger partial charge in [0.05, 0.1) is 12.2 Å². The summed E-state index contributed by atoms with van der Waals surface area (Å²) in [5.41, 5.74) is 0.859. The molecule has 0 aliphatic carbocycles. The summed E-state index contributed by atoms with van der Waals surface area (Å²) in [6.07, 6.45) is 4.85. The lowest BCUT2D eigenvalue weighted by molar-refractivity contribution is -0.141. The first-order valence-corrected chi connectivity index (χ1v) is 8.78. The van der Waals surface area contributed by atoms with Crippen LogP contribution in [0.2, 0.25) is 0 Å². The number of ether oxygens (including phenoxy) is 1. The maximum absolute atomic E-state index is 12.5. The van der Waals surface area contributed by atoms with Crippen LogP contribution in [0.1, 0.15) is 31.4 Å². The molecule has 6 nitrogen and oxygen atoms in total. The fourth-order valence-electron chi connectivity index (χ4n) is 3.39. The van der Waals surface area contributed by atoms with Crippen molar-refractivity contribution < 1.29 is 14.3 Å². The van der Waals surface area contributed by atoms with Crippen LogP contribution in [0, 0.1) is 11.8 Å². The molecule has 2 saturated heterocycles. The summed E-state index contributed by atoms with van der Waals surface area (Å²) in [6.45, 7) is 3.18. The highest BCUT2D eigenvalue weighted by Crippen LogP contribution is 2.23. The molecular weight excluding hydrogens is 306 g/mol. The van der Waals surface area contributed by atoms with Crippen molar-refractivity contribution in [2.24, 2.45) is 11.8 Å². The van der Waals surface area contributed by atoms with Gasteiger partial charge >= 0.3 is 0 Å². The average molecular weight is 331 g/mol. The molecule has 24 heavy (non-hydrogen) atoms. The highest BCUT2D eigenvalue weighted by molar-refractivity contribution is 5.81. The number of piperidine rings is 1. The Balaban J connectivity index is 1.42. The van der Waals surface area contributed by atoms with Gasteiger partial charge in [-0.2, -0.15) is 0 Å². The topological polar surface area (TPSA) is 71.5 Å². The van der Waals surface area contributed by atoms with Gasteiger partial charge in [-0.1, -0.05) is 6.07 Å². The molecule has 130 valence electrons. The third kappa shape index (κ3) is 4.32. The summed E-state index contributed by atoms with van der Waals surface area (Å²) in [5.74, 6) is 0.408. The molecule has 1 N–H and O–H groups in total. The molecule has 0 aromatic carbocycles. The first-order valence-electron chi connectivity index (χ1n) is 8.78. The van der Waals surface area contributed by atoms with Gasteiger partial charge in [0, 0.05) is 44.3 Å². The minimum absolute atomic E-state index is 0.00699. The second kappa shape index (κ2) is 8.24. The molecule has 3 rings (SSSR count). The number of amides is 2. The largest absolute Gasteiger partial charge is 0.381 e. The van der Waals surface area contributed by atoms with E-state index in [9.17, 15) is 9.59 Å². The van der Waals surface area contributed by atoms with Crippen molar-refractivity contribution >= 4 is 11.8 Å².